The monoisotopic (exact) mass is 180 g/mol. The molecule has 0 rings (SSSR count). The van der Waals surface area contributed by atoms with E-state index in [-0.39, 0.29) is 0 Å². The van der Waals surface area contributed by atoms with E-state index >= 15 is 0 Å². The molecular formula is C9H21LiOSi. The van der Waals surface area contributed by atoms with Gasteiger partial charge in [-0.2, -0.15) is 0 Å². The molecule has 0 N–H and O–H groups in total. The van der Waals surface area contributed by atoms with Crippen molar-refractivity contribution in [1.29, 1.82) is 0 Å². The second kappa shape index (κ2) is 7.20. The van der Waals surface area contributed by atoms with Gasteiger partial charge in [0.2, 0.25) is 0 Å². The van der Waals surface area contributed by atoms with Crippen LogP contribution in [-0.4, -0.2) is 32.6 Å². The van der Waals surface area contributed by atoms with Crippen LogP contribution in [0.25, 0.3) is 0 Å². The third-order valence-electron chi connectivity index (χ3n) is 1.78. The van der Waals surface area contributed by atoms with Gasteiger partial charge in [-0.25, -0.2) is 0 Å². The van der Waals surface area contributed by atoms with Crippen LogP contribution in [-0.2, 0) is 4.43 Å². The van der Waals surface area contributed by atoms with Crippen molar-refractivity contribution in [2.45, 2.75) is 50.4 Å². The predicted molar refractivity (Wildman–Crippen MR) is 58.3 cm³/mol. The summed E-state index contributed by atoms with van der Waals surface area (Å²) in [4.78, 5) is 0. The molecule has 1 nitrogen and oxygen atoms in total. The number of hydrogen-bond acceptors (Lipinski definition) is 1. The van der Waals surface area contributed by atoms with E-state index in [0.29, 0.717) is 0 Å². The third kappa shape index (κ3) is 10.8. The minimum absolute atomic E-state index is 0.986. The van der Waals surface area contributed by atoms with Gasteiger partial charge in [-0.1, -0.05) is 0 Å². The quantitative estimate of drug-likeness (QED) is 0.432. The van der Waals surface area contributed by atoms with Crippen LogP contribution >= 0.6 is 0 Å². The molecule has 0 aliphatic heterocycles. The second-order valence-corrected chi connectivity index (χ2v) is 8.89. The minimum atomic E-state index is -1.23. The Labute approximate surface area is 87.6 Å². The molecule has 68 valence electrons. The average molecular weight is 180 g/mol. The van der Waals surface area contributed by atoms with Crippen LogP contribution in [0.5, 0.6) is 0 Å². The molecule has 0 saturated heterocycles. The molecule has 0 amide bonds. The van der Waals surface area contributed by atoms with Gasteiger partial charge in [-0.3, -0.25) is 0 Å². The van der Waals surface area contributed by atoms with E-state index in [1.807, 2.05) is 0 Å². The molecule has 0 aromatic heterocycles. The molecule has 0 aliphatic rings. The van der Waals surface area contributed by atoms with Gasteiger partial charge >= 0.3 is 87.5 Å². The zero-order chi connectivity index (χ0) is 9.45. The van der Waals surface area contributed by atoms with Gasteiger partial charge in [0.25, 0.3) is 0 Å². The predicted octanol–water partition coefficient (Wildman–Crippen LogP) is 2.99. The summed E-state index contributed by atoms with van der Waals surface area (Å²) >= 11 is 2.25. The number of unbranched alkanes of at least 4 members (excludes halogenated alkanes) is 3. The van der Waals surface area contributed by atoms with E-state index in [9.17, 15) is 0 Å². The Hall–Kier alpha value is 0.774. The Morgan fingerprint density at radius 2 is 1.58 bits per heavy atom. The molecule has 3 heteroatoms. The van der Waals surface area contributed by atoms with Crippen LogP contribution in [0.3, 0.4) is 0 Å². The molecule has 0 bridgehead atoms. The Bertz CT molecular complexity index is 101. The van der Waals surface area contributed by atoms with Gasteiger partial charge in [0.15, 0.2) is 0 Å². The zero-order valence-electron chi connectivity index (χ0n) is 9.15. The summed E-state index contributed by atoms with van der Waals surface area (Å²) in [7, 11) is -1.23. The van der Waals surface area contributed by atoms with Gasteiger partial charge in [0, 0.05) is 0 Å². The van der Waals surface area contributed by atoms with E-state index in [1.54, 1.807) is 0 Å². The maximum absolute atomic E-state index is 5.75. The Balaban J connectivity index is 3.01. The first-order valence-electron chi connectivity index (χ1n) is 5.20. The fourth-order valence-corrected chi connectivity index (χ4v) is 1.84. The van der Waals surface area contributed by atoms with Gasteiger partial charge < -0.3 is 0 Å². The molecule has 0 spiro atoms. The third-order valence-corrected chi connectivity index (χ3v) is 2.85. The van der Waals surface area contributed by atoms with Crippen LogP contribution in [0.4, 0.5) is 0 Å². The van der Waals surface area contributed by atoms with Crippen LogP contribution in [0, 0.1) is 0 Å². The molecule has 0 atom stereocenters. The average Bonchev–Trinajstić information content (AvgIpc) is 1.94. The summed E-state index contributed by atoms with van der Waals surface area (Å²) in [5.41, 5.74) is 0. The van der Waals surface area contributed by atoms with Crippen LogP contribution in [0.1, 0.15) is 25.7 Å². The second-order valence-electron chi connectivity index (χ2n) is 4.38. The maximum atomic E-state index is 5.75. The Morgan fingerprint density at radius 1 is 1.00 bits per heavy atom. The van der Waals surface area contributed by atoms with Crippen LogP contribution in [0.2, 0.25) is 24.7 Å². The van der Waals surface area contributed by atoms with Crippen molar-refractivity contribution in [3.05, 3.63) is 0 Å². The summed E-state index contributed by atoms with van der Waals surface area (Å²) in [6, 6.07) is 0. The standard InChI is InChI=1S/C9H21OSi.Li/c1-5-6-7-8-9-10-11(2,3)4;/h1,5-9H2,2-4H3;. The van der Waals surface area contributed by atoms with Crippen molar-refractivity contribution >= 4 is 26.0 Å². The van der Waals surface area contributed by atoms with E-state index < -0.39 is 8.32 Å². The molecule has 0 heterocycles. The van der Waals surface area contributed by atoms with E-state index in [2.05, 4.69) is 37.4 Å². The summed E-state index contributed by atoms with van der Waals surface area (Å²) in [5, 5.41) is 1.33. The molecule has 0 aromatic carbocycles. The molecule has 0 fully saturated rings. The summed E-state index contributed by atoms with van der Waals surface area (Å²) in [6.45, 7) is 7.73. The first-order valence-corrected chi connectivity index (χ1v) is 8.61. The molecule has 0 radical (unpaired) electrons. The normalized spacial score (nSPS) is 12.1. The first kappa shape index (κ1) is 12.8. The molecule has 0 saturated carbocycles. The van der Waals surface area contributed by atoms with Crippen molar-refractivity contribution in [1.82, 2.24) is 0 Å². The molecule has 12 heavy (non-hydrogen) atoms. The van der Waals surface area contributed by atoms with Crippen LogP contribution in [0.15, 0.2) is 0 Å². The first-order chi connectivity index (χ1) is 5.56. The van der Waals surface area contributed by atoms with Gasteiger partial charge in [0.1, 0.15) is 0 Å². The molecule has 0 aromatic rings. The SMILES string of the molecule is [Li][CH2]CCCCCO[Si](C)(C)C. The Kier molecular flexibility index (Phi) is 7.67. The van der Waals surface area contributed by atoms with Crippen molar-refractivity contribution in [2.75, 3.05) is 6.61 Å². The van der Waals surface area contributed by atoms with Crippen molar-refractivity contribution in [3.63, 3.8) is 0 Å². The van der Waals surface area contributed by atoms with Crippen LogP contribution < -0.4 is 0 Å². The van der Waals surface area contributed by atoms with Gasteiger partial charge in [-0.15, -0.1) is 0 Å². The summed E-state index contributed by atoms with van der Waals surface area (Å²) < 4.78 is 5.75. The van der Waals surface area contributed by atoms with Crippen molar-refractivity contribution in [2.24, 2.45) is 0 Å². The molecule has 0 aliphatic carbocycles. The topological polar surface area (TPSA) is 9.23 Å². The summed E-state index contributed by atoms with van der Waals surface area (Å²) in [6.07, 6.45) is 5.36. The summed E-state index contributed by atoms with van der Waals surface area (Å²) in [5.74, 6) is 0. The molecule has 0 unspecified atom stereocenters. The Morgan fingerprint density at radius 3 is 2.08 bits per heavy atom. The number of hydrogen-bond donors (Lipinski definition) is 0. The zero-order valence-corrected chi connectivity index (χ0v) is 10.2. The van der Waals surface area contributed by atoms with Gasteiger partial charge in [0.05, 0.1) is 0 Å². The number of rotatable bonds is 7. The van der Waals surface area contributed by atoms with E-state index in [0.717, 1.165) is 6.61 Å². The fourth-order valence-electron chi connectivity index (χ4n) is 1.08. The fraction of sp³-hybridized carbons (Fsp3) is 1.00. The van der Waals surface area contributed by atoms with Crippen molar-refractivity contribution in [3.8, 4) is 0 Å². The molecular weight excluding hydrogens is 159 g/mol. The van der Waals surface area contributed by atoms with E-state index in [4.69, 9.17) is 4.43 Å². The van der Waals surface area contributed by atoms with Gasteiger partial charge in [-0.05, 0) is 0 Å². The van der Waals surface area contributed by atoms with Crippen molar-refractivity contribution < 1.29 is 4.43 Å². The van der Waals surface area contributed by atoms with E-state index in [1.165, 1.54) is 30.8 Å².